The molecule has 0 amide bonds. The molecule has 80 valence electrons. The van der Waals surface area contributed by atoms with Gasteiger partial charge in [0.2, 0.25) is 0 Å². The molecule has 0 spiro atoms. The first-order valence-corrected chi connectivity index (χ1v) is 4.92. The van der Waals surface area contributed by atoms with Crippen LogP contribution in [-0.4, -0.2) is 6.36 Å². The zero-order valence-corrected chi connectivity index (χ0v) is 9.46. The maximum atomic E-state index is 12.0. The molecule has 0 N–H and O–H groups in total. The molecular weight excluding hydrogens is 322 g/mol. The Morgan fingerprint density at radius 2 is 2.07 bits per heavy atom. The fraction of sp³-hybridized carbons (Fsp3) is 0.222. The SMILES string of the molecule is N#CCc1cccc(I)c1OC(F)(F)F. The summed E-state index contributed by atoms with van der Waals surface area (Å²) >= 11 is 1.73. The van der Waals surface area contributed by atoms with Crippen LogP contribution in [0.15, 0.2) is 18.2 Å². The van der Waals surface area contributed by atoms with E-state index in [0.717, 1.165) is 0 Å². The molecule has 0 bridgehead atoms. The highest BCUT2D eigenvalue weighted by atomic mass is 127. The largest absolute Gasteiger partial charge is 0.573 e. The van der Waals surface area contributed by atoms with Gasteiger partial charge < -0.3 is 4.74 Å². The van der Waals surface area contributed by atoms with Crippen LogP contribution in [0.25, 0.3) is 0 Å². The number of nitrogens with zero attached hydrogens (tertiary/aromatic N) is 1. The van der Waals surface area contributed by atoms with E-state index < -0.39 is 6.36 Å². The van der Waals surface area contributed by atoms with Crippen molar-refractivity contribution in [1.29, 1.82) is 5.26 Å². The third-order valence-electron chi connectivity index (χ3n) is 1.54. The van der Waals surface area contributed by atoms with Crippen molar-refractivity contribution in [1.82, 2.24) is 0 Å². The molecule has 0 fully saturated rings. The Labute approximate surface area is 97.8 Å². The standard InChI is InChI=1S/C9H5F3INO/c10-9(11,12)15-8-6(4-5-14)2-1-3-7(8)13/h1-3H,4H2. The lowest BCUT2D eigenvalue weighted by Gasteiger charge is -2.13. The Bertz CT molecular complexity index is 397. The van der Waals surface area contributed by atoms with Gasteiger partial charge in [-0.05, 0) is 28.7 Å². The lowest BCUT2D eigenvalue weighted by molar-refractivity contribution is -0.275. The van der Waals surface area contributed by atoms with Gasteiger partial charge in [0.15, 0.2) is 0 Å². The van der Waals surface area contributed by atoms with Gasteiger partial charge in [0.25, 0.3) is 0 Å². The van der Waals surface area contributed by atoms with Gasteiger partial charge in [0.05, 0.1) is 16.1 Å². The Morgan fingerprint density at radius 3 is 2.60 bits per heavy atom. The number of hydrogen-bond acceptors (Lipinski definition) is 2. The first-order chi connectivity index (χ1) is 6.94. The van der Waals surface area contributed by atoms with Crippen LogP contribution >= 0.6 is 22.6 Å². The molecule has 15 heavy (non-hydrogen) atoms. The van der Waals surface area contributed by atoms with Crippen LogP contribution in [0.5, 0.6) is 5.75 Å². The molecule has 6 heteroatoms. The number of rotatable bonds is 2. The minimum Gasteiger partial charge on any atom is -0.404 e. The molecule has 0 aliphatic heterocycles. The maximum Gasteiger partial charge on any atom is 0.573 e. The molecule has 2 nitrogen and oxygen atoms in total. The first kappa shape index (κ1) is 12.1. The van der Waals surface area contributed by atoms with E-state index in [0.29, 0.717) is 3.57 Å². The van der Waals surface area contributed by atoms with Crippen molar-refractivity contribution >= 4 is 22.6 Å². The van der Waals surface area contributed by atoms with Gasteiger partial charge in [-0.3, -0.25) is 0 Å². The van der Waals surface area contributed by atoms with Gasteiger partial charge in [-0.2, -0.15) is 5.26 Å². The van der Waals surface area contributed by atoms with E-state index >= 15 is 0 Å². The zero-order chi connectivity index (χ0) is 11.5. The third kappa shape index (κ3) is 3.58. The fourth-order valence-electron chi connectivity index (χ4n) is 1.01. The van der Waals surface area contributed by atoms with Gasteiger partial charge in [-0.15, -0.1) is 13.2 Å². The van der Waals surface area contributed by atoms with Crippen molar-refractivity contribution in [3.8, 4) is 11.8 Å². The average Bonchev–Trinajstić information content (AvgIpc) is 2.10. The summed E-state index contributed by atoms with van der Waals surface area (Å²) in [5.74, 6) is -0.285. The number of nitriles is 1. The predicted octanol–water partition coefficient (Wildman–Crippen LogP) is 3.26. The summed E-state index contributed by atoms with van der Waals surface area (Å²) in [5.41, 5.74) is 0.238. The monoisotopic (exact) mass is 327 g/mol. The van der Waals surface area contributed by atoms with Gasteiger partial charge in [-0.25, -0.2) is 0 Å². The van der Waals surface area contributed by atoms with E-state index in [4.69, 9.17) is 5.26 Å². The third-order valence-corrected chi connectivity index (χ3v) is 2.39. The van der Waals surface area contributed by atoms with Crippen LogP contribution in [0.3, 0.4) is 0 Å². The number of ether oxygens (including phenoxy) is 1. The normalized spacial score (nSPS) is 10.9. The second-order valence-corrected chi connectivity index (χ2v) is 3.77. The van der Waals surface area contributed by atoms with E-state index in [2.05, 4.69) is 4.74 Å². The molecule has 1 aromatic carbocycles. The number of alkyl halides is 3. The van der Waals surface area contributed by atoms with Crippen LogP contribution in [0.4, 0.5) is 13.2 Å². The molecule has 0 atom stereocenters. The molecular formula is C9H5F3INO. The van der Waals surface area contributed by atoms with Crippen molar-refractivity contribution in [3.63, 3.8) is 0 Å². The van der Waals surface area contributed by atoms with E-state index in [1.807, 2.05) is 0 Å². The topological polar surface area (TPSA) is 33.0 Å². The maximum absolute atomic E-state index is 12.0. The molecule has 1 rings (SSSR count). The van der Waals surface area contributed by atoms with Crippen molar-refractivity contribution in [2.75, 3.05) is 0 Å². The number of para-hydroxylation sites is 1. The lowest BCUT2D eigenvalue weighted by Crippen LogP contribution is -2.18. The molecule has 1 aromatic rings. The number of hydrogen-bond donors (Lipinski definition) is 0. The summed E-state index contributed by atoms with van der Waals surface area (Å²) in [6.07, 6.45) is -4.84. The van der Waals surface area contributed by atoms with Crippen molar-refractivity contribution in [3.05, 3.63) is 27.3 Å². The Kier molecular flexibility index (Phi) is 3.79. The number of halogens is 4. The molecule has 0 aromatic heterocycles. The van der Waals surface area contributed by atoms with Crippen LogP contribution in [0.2, 0.25) is 0 Å². The zero-order valence-electron chi connectivity index (χ0n) is 7.31. The van der Waals surface area contributed by atoms with E-state index in [-0.39, 0.29) is 17.7 Å². The minimum absolute atomic E-state index is 0.109. The molecule has 0 radical (unpaired) electrons. The molecule has 0 aliphatic carbocycles. The second-order valence-electron chi connectivity index (χ2n) is 2.61. The molecule has 0 unspecified atom stereocenters. The molecule has 0 saturated carbocycles. The van der Waals surface area contributed by atoms with Crippen LogP contribution < -0.4 is 4.74 Å². The van der Waals surface area contributed by atoms with E-state index in [1.54, 1.807) is 34.7 Å². The highest BCUT2D eigenvalue weighted by Crippen LogP contribution is 2.31. The predicted molar refractivity (Wildman–Crippen MR) is 55.2 cm³/mol. The first-order valence-electron chi connectivity index (χ1n) is 3.84. The molecule has 0 saturated heterocycles. The Morgan fingerprint density at radius 1 is 1.40 bits per heavy atom. The highest BCUT2D eigenvalue weighted by Gasteiger charge is 2.32. The van der Waals surface area contributed by atoms with Crippen LogP contribution in [0, 0.1) is 14.9 Å². The quantitative estimate of drug-likeness (QED) is 0.781. The van der Waals surface area contributed by atoms with Crippen molar-refractivity contribution < 1.29 is 17.9 Å². The van der Waals surface area contributed by atoms with Gasteiger partial charge in [0.1, 0.15) is 5.75 Å². The van der Waals surface area contributed by atoms with Crippen molar-refractivity contribution in [2.45, 2.75) is 12.8 Å². The average molecular weight is 327 g/mol. The van der Waals surface area contributed by atoms with Gasteiger partial charge in [-0.1, -0.05) is 12.1 Å². The van der Waals surface area contributed by atoms with Crippen LogP contribution in [-0.2, 0) is 6.42 Å². The summed E-state index contributed by atoms with van der Waals surface area (Å²) in [6.45, 7) is 0. The highest BCUT2D eigenvalue weighted by molar-refractivity contribution is 14.1. The fourth-order valence-corrected chi connectivity index (χ4v) is 1.67. The summed E-state index contributed by atoms with van der Waals surface area (Å²) in [6, 6.07) is 6.29. The Hall–Kier alpha value is -0.970. The lowest BCUT2D eigenvalue weighted by atomic mass is 10.1. The molecule has 0 heterocycles. The smallest absolute Gasteiger partial charge is 0.404 e. The number of benzene rings is 1. The van der Waals surface area contributed by atoms with Gasteiger partial charge >= 0.3 is 6.36 Å². The van der Waals surface area contributed by atoms with Crippen LogP contribution in [0.1, 0.15) is 5.56 Å². The minimum atomic E-state index is -4.73. The summed E-state index contributed by atoms with van der Waals surface area (Å²) < 4.78 is 40.3. The molecule has 0 aliphatic rings. The second kappa shape index (κ2) is 4.70. The Balaban J connectivity index is 3.09. The van der Waals surface area contributed by atoms with E-state index in [1.165, 1.54) is 12.1 Å². The van der Waals surface area contributed by atoms with Crippen molar-refractivity contribution in [2.24, 2.45) is 0 Å². The summed E-state index contributed by atoms with van der Waals surface area (Å²) in [7, 11) is 0. The van der Waals surface area contributed by atoms with Gasteiger partial charge in [0, 0.05) is 5.56 Å². The summed E-state index contributed by atoms with van der Waals surface area (Å²) in [5, 5.41) is 8.44. The summed E-state index contributed by atoms with van der Waals surface area (Å²) in [4.78, 5) is 0. The van der Waals surface area contributed by atoms with E-state index in [9.17, 15) is 13.2 Å².